The third kappa shape index (κ3) is 5.51. The molecule has 1 fully saturated rings. The van der Waals surface area contributed by atoms with E-state index in [9.17, 15) is 13.6 Å². The minimum atomic E-state index is -2.62. The lowest BCUT2D eigenvalue weighted by Crippen LogP contribution is -2.33. The van der Waals surface area contributed by atoms with Crippen molar-refractivity contribution in [3.8, 4) is 5.75 Å². The number of ether oxygens (including phenoxy) is 1. The van der Waals surface area contributed by atoms with E-state index in [0.29, 0.717) is 13.1 Å². The Bertz CT molecular complexity index is 738. The summed E-state index contributed by atoms with van der Waals surface area (Å²) >= 11 is 0. The minimum absolute atomic E-state index is 0. The van der Waals surface area contributed by atoms with Gasteiger partial charge >= 0.3 is 0 Å². The molecule has 1 aliphatic heterocycles. The second-order valence-corrected chi connectivity index (χ2v) is 5.94. The van der Waals surface area contributed by atoms with E-state index in [1.54, 1.807) is 11.0 Å². The number of halogens is 4. The quantitative estimate of drug-likeness (QED) is 0.807. The van der Waals surface area contributed by atoms with Gasteiger partial charge in [0.15, 0.2) is 11.4 Å². The minimum Gasteiger partial charge on any atom is -0.485 e. The number of hydrogen-bond donors (Lipinski definition) is 1. The Morgan fingerprint density at radius 2 is 1.89 bits per heavy atom. The molecule has 0 saturated carbocycles. The van der Waals surface area contributed by atoms with Crippen molar-refractivity contribution in [3.63, 3.8) is 0 Å². The van der Waals surface area contributed by atoms with Crippen molar-refractivity contribution in [2.24, 2.45) is 5.73 Å². The zero-order valence-electron chi connectivity index (χ0n) is 14.3. The van der Waals surface area contributed by atoms with Gasteiger partial charge in [0.2, 0.25) is 0 Å². The first kappa shape index (κ1) is 23.1. The highest BCUT2D eigenvalue weighted by atomic mass is 35.5. The second-order valence-electron chi connectivity index (χ2n) is 5.94. The summed E-state index contributed by atoms with van der Waals surface area (Å²) in [6.07, 6.45) is -1.18. The molecule has 3 rings (SSSR count). The number of nitrogens with zero attached hydrogens (tertiary/aromatic N) is 2. The van der Waals surface area contributed by atoms with E-state index in [4.69, 9.17) is 10.5 Å². The van der Waals surface area contributed by atoms with Gasteiger partial charge in [0.05, 0.1) is 0 Å². The second kappa shape index (κ2) is 10.4. The van der Waals surface area contributed by atoms with Gasteiger partial charge in [0.25, 0.3) is 12.3 Å². The van der Waals surface area contributed by atoms with Crippen LogP contribution in [0.15, 0.2) is 48.7 Å². The molecular formula is C18H21Cl2F2N3O2. The Hall–Kier alpha value is -1.96. The summed E-state index contributed by atoms with van der Waals surface area (Å²) in [5, 5.41) is 0. The number of aromatic nitrogens is 1. The lowest BCUT2D eigenvalue weighted by molar-refractivity contribution is 0.0728. The third-order valence-electron chi connectivity index (χ3n) is 4.22. The first-order valence-corrected chi connectivity index (χ1v) is 8.02. The summed E-state index contributed by atoms with van der Waals surface area (Å²) in [5.41, 5.74) is 7.31. The predicted octanol–water partition coefficient (Wildman–Crippen LogP) is 3.14. The zero-order valence-corrected chi connectivity index (χ0v) is 16.0. The van der Waals surface area contributed by atoms with Gasteiger partial charge in [-0.3, -0.25) is 4.79 Å². The molecule has 0 unspecified atom stereocenters. The molecule has 1 saturated heterocycles. The molecule has 0 bridgehead atoms. The molecule has 1 aromatic carbocycles. The third-order valence-corrected chi connectivity index (χ3v) is 4.22. The zero-order chi connectivity index (χ0) is 17.8. The fourth-order valence-corrected chi connectivity index (χ4v) is 3.02. The number of nitrogens with two attached hydrogens (primary N) is 1. The highest BCUT2D eigenvalue weighted by Crippen LogP contribution is 2.28. The SMILES string of the molecule is Cl.Cl.N[C@@H]1CN(C(=O)c2ncccc2OCC(F)F)C[C@H]1c1ccccc1. The van der Waals surface area contributed by atoms with Gasteiger partial charge in [-0.1, -0.05) is 30.3 Å². The predicted molar refractivity (Wildman–Crippen MR) is 103 cm³/mol. The van der Waals surface area contributed by atoms with Crippen LogP contribution in [0.1, 0.15) is 22.0 Å². The first-order valence-electron chi connectivity index (χ1n) is 8.02. The number of hydrogen-bond acceptors (Lipinski definition) is 4. The highest BCUT2D eigenvalue weighted by Gasteiger charge is 2.35. The number of pyridine rings is 1. The van der Waals surface area contributed by atoms with Crippen molar-refractivity contribution in [2.45, 2.75) is 18.4 Å². The molecule has 27 heavy (non-hydrogen) atoms. The molecule has 2 aromatic rings. The van der Waals surface area contributed by atoms with E-state index in [2.05, 4.69) is 4.98 Å². The molecule has 0 radical (unpaired) electrons. The summed E-state index contributed by atoms with van der Waals surface area (Å²) in [5.74, 6) is -0.275. The van der Waals surface area contributed by atoms with E-state index in [1.807, 2.05) is 30.3 Å². The van der Waals surface area contributed by atoms with Crippen LogP contribution in [0.3, 0.4) is 0 Å². The van der Waals surface area contributed by atoms with Crippen molar-refractivity contribution in [1.82, 2.24) is 9.88 Å². The molecule has 148 valence electrons. The fourth-order valence-electron chi connectivity index (χ4n) is 3.02. The number of alkyl halides is 2. The molecule has 0 spiro atoms. The number of carbonyl (C=O) groups is 1. The molecular weight excluding hydrogens is 399 g/mol. The first-order chi connectivity index (χ1) is 12.1. The number of amides is 1. The van der Waals surface area contributed by atoms with Crippen molar-refractivity contribution in [2.75, 3.05) is 19.7 Å². The molecule has 2 atom stereocenters. The Morgan fingerprint density at radius 3 is 2.56 bits per heavy atom. The fraction of sp³-hybridized carbons (Fsp3) is 0.333. The molecule has 2 heterocycles. The van der Waals surface area contributed by atoms with Crippen molar-refractivity contribution >= 4 is 30.7 Å². The monoisotopic (exact) mass is 419 g/mol. The van der Waals surface area contributed by atoms with E-state index in [-0.39, 0.29) is 54.1 Å². The Balaban J connectivity index is 0.00000182. The van der Waals surface area contributed by atoms with Crippen LogP contribution in [-0.2, 0) is 0 Å². The van der Waals surface area contributed by atoms with Crippen LogP contribution in [-0.4, -0.2) is 48.0 Å². The maximum absolute atomic E-state index is 12.8. The number of carbonyl (C=O) groups excluding carboxylic acids is 1. The van der Waals surface area contributed by atoms with E-state index >= 15 is 0 Å². The van der Waals surface area contributed by atoms with Gasteiger partial charge in [-0.2, -0.15) is 0 Å². The summed E-state index contributed by atoms with van der Waals surface area (Å²) in [7, 11) is 0. The lowest BCUT2D eigenvalue weighted by Gasteiger charge is -2.18. The van der Waals surface area contributed by atoms with Crippen LogP contribution >= 0.6 is 24.8 Å². The van der Waals surface area contributed by atoms with Gasteiger partial charge in [-0.15, -0.1) is 24.8 Å². The van der Waals surface area contributed by atoms with Crippen LogP contribution < -0.4 is 10.5 Å². The van der Waals surface area contributed by atoms with Crippen molar-refractivity contribution in [3.05, 3.63) is 59.9 Å². The highest BCUT2D eigenvalue weighted by molar-refractivity contribution is 5.95. The molecule has 5 nitrogen and oxygen atoms in total. The summed E-state index contributed by atoms with van der Waals surface area (Å²) in [6, 6.07) is 12.6. The number of benzene rings is 1. The van der Waals surface area contributed by atoms with E-state index in [0.717, 1.165) is 5.56 Å². The number of rotatable bonds is 5. The molecule has 0 aliphatic carbocycles. The molecule has 1 aromatic heterocycles. The molecule has 1 aliphatic rings. The van der Waals surface area contributed by atoms with Crippen LogP contribution in [0.5, 0.6) is 5.75 Å². The standard InChI is InChI=1S/C18H19F2N3O2.2ClH/c19-16(20)11-25-15-7-4-8-22-17(15)18(24)23-9-13(14(21)10-23)12-5-2-1-3-6-12;;/h1-8,13-14,16H,9-11,21H2;2*1H/t13-,14+;;/m0../s1. The Morgan fingerprint density at radius 1 is 1.19 bits per heavy atom. The van der Waals surface area contributed by atoms with Crippen LogP contribution in [0, 0.1) is 0 Å². The van der Waals surface area contributed by atoms with Crippen LogP contribution in [0.4, 0.5) is 8.78 Å². The topological polar surface area (TPSA) is 68.5 Å². The molecule has 9 heteroatoms. The summed E-state index contributed by atoms with van der Waals surface area (Å²) in [4.78, 5) is 18.4. The van der Waals surface area contributed by atoms with E-state index < -0.39 is 13.0 Å². The van der Waals surface area contributed by atoms with Gasteiger partial charge in [0.1, 0.15) is 6.61 Å². The Labute approximate surface area is 168 Å². The summed E-state index contributed by atoms with van der Waals surface area (Å²) in [6.45, 7) is 0.0518. The van der Waals surface area contributed by atoms with Crippen LogP contribution in [0.25, 0.3) is 0 Å². The van der Waals surface area contributed by atoms with E-state index in [1.165, 1.54) is 12.3 Å². The molecule has 2 N–H and O–H groups in total. The van der Waals surface area contributed by atoms with Gasteiger partial charge in [0, 0.05) is 31.2 Å². The molecule has 1 amide bonds. The largest absolute Gasteiger partial charge is 0.485 e. The van der Waals surface area contributed by atoms with Gasteiger partial charge < -0.3 is 15.4 Å². The van der Waals surface area contributed by atoms with Crippen LogP contribution in [0.2, 0.25) is 0 Å². The Kier molecular flexibility index (Phi) is 8.88. The van der Waals surface area contributed by atoms with Crippen molar-refractivity contribution in [1.29, 1.82) is 0 Å². The normalized spacial score (nSPS) is 18.6. The lowest BCUT2D eigenvalue weighted by atomic mass is 9.95. The maximum Gasteiger partial charge on any atom is 0.276 e. The summed E-state index contributed by atoms with van der Waals surface area (Å²) < 4.78 is 29.8. The smallest absolute Gasteiger partial charge is 0.276 e. The number of likely N-dealkylation sites (tertiary alicyclic amines) is 1. The average molecular weight is 420 g/mol. The van der Waals surface area contributed by atoms with Gasteiger partial charge in [-0.05, 0) is 17.7 Å². The van der Waals surface area contributed by atoms with Gasteiger partial charge in [-0.25, -0.2) is 13.8 Å². The van der Waals surface area contributed by atoms with Crippen molar-refractivity contribution < 1.29 is 18.3 Å². The average Bonchev–Trinajstić information content (AvgIpc) is 3.02. The maximum atomic E-state index is 12.8.